The lowest BCUT2D eigenvalue weighted by atomic mass is 10.3. The molecule has 54 valence electrons. The van der Waals surface area contributed by atoms with Gasteiger partial charge in [-0.2, -0.15) is 0 Å². The molecule has 0 bridgehead atoms. The summed E-state index contributed by atoms with van der Waals surface area (Å²) >= 11 is 9.81. The van der Waals surface area contributed by atoms with E-state index < -0.39 is 5.97 Å². The van der Waals surface area contributed by atoms with E-state index in [1.165, 1.54) is 11.3 Å². The topological polar surface area (TPSA) is 37.3 Å². The van der Waals surface area contributed by atoms with Gasteiger partial charge in [0.05, 0.1) is 0 Å². The molecule has 0 unspecified atom stereocenters. The van der Waals surface area contributed by atoms with Crippen LogP contribution in [0.5, 0.6) is 0 Å². The Balaban J connectivity index is 3.23. The Bertz CT molecular complexity index is 251. The first kappa shape index (κ1) is 8.04. The van der Waals surface area contributed by atoms with Crippen molar-refractivity contribution in [1.29, 1.82) is 0 Å². The molecule has 1 heterocycles. The number of carbonyl (C=O) groups is 1. The van der Waals surface area contributed by atoms with E-state index in [4.69, 9.17) is 16.7 Å². The predicted molar refractivity (Wildman–Crippen MR) is 44.0 cm³/mol. The van der Waals surface area contributed by atoms with Gasteiger partial charge < -0.3 is 5.11 Å². The first-order valence-electron chi connectivity index (χ1n) is 2.28. The van der Waals surface area contributed by atoms with Crippen LogP contribution in [0.25, 0.3) is 0 Å². The molecule has 0 aliphatic rings. The quantitative estimate of drug-likeness (QED) is 0.821. The van der Waals surface area contributed by atoms with Crippen LogP contribution >= 0.6 is 38.9 Å². The van der Waals surface area contributed by atoms with Gasteiger partial charge in [-0.25, -0.2) is 4.79 Å². The molecule has 2 nitrogen and oxygen atoms in total. The van der Waals surface area contributed by atoms with Crippen molar-refractivity contribution < 1.29 is 9.90 Å². The summed E-state index contributed by atoms with van der Waals surface area (Å²) in [4.78, 5) is 10.4. The maximum absolute atomic E-state index is 10.4. The maximum atomic E-state index is 10.4. The van der Waals surface area contributed by atoms with Gasteiger partial charge in [-0.3, -0.25) is 0 Å². The van der Waals surface area contributed by atoms with E-state index in [1.54, 1.807) is 5.38 Å². The van der Waals surface area contributed by atoms with Crippen LogP contribution in [0.3, 0.4) is 0 Å². The smallest absolute Gasteiger partial charge is 0.339 e. The van der Waals surface area contributed by atoms with Crippen LogP contribution in [-0.2, 0) is 0 Å². The molecular weight excluding hydrogens is 239 g/mol. The van der Waals surface area contributed by atoms with Crippen molar-refractivity contribution in [2.24, 2.45) is 0 Å². The minimum atomic E-state index is -1.00. The molecule has 1 N–H and O–H groups in total. The summed E-state index contributed by atoms with van der Waals surface area (Å²) < 4.78 is 0.842. The monoisotopic (exact) mass is 240 g/mol. The van der Waals surface area contributed by atoms with Crippen molar-refractivity contribution in [3.63, 3.8) is 0 Å². The fraction of sp³-hybridized carbons (Fsp3) is 0. The zero-order valence-corrected chi connectivity index (χ0v) is 7.76. The number of aromatic carboxylic acids is 1. The number of carboxylic acid groups (broad SMARTS) is 1. The fourth-order valence-electron chi connectivity index (χ4n) is 0.501. The van der Waals surface area contributed by atoms with E-state index in [0.29, 0.717) is 8.81 Å². The average molecular weight is 241 g/mol. The van der Waals surface area contributed by atoms with Crippen LogP contribution in [0.15, 0.2) is 9.85 Å². The van der Waals surface area contributed by atoms with Gasteiger partial charge in [0.1, 0.15) is 9.90 Å². The zero-order chi connectivity index (χ0) is 7.72. The summed E-state index contributed by atoms with van der Waals surface area (Å²) in [6, 6.07) is 0. The lowest BCUT2D eigenvalue weighted by Gasteiger charge is -1.88. The summed E-state index contributed by atoms with van der Waals surface area (Å²) in [6.45, 7) is 0. The molecule has 0 radical (unpaired) electrons. The first-order valence-corrected chi connectivity index (χ1v) is 4.33. The summed E-state index contributed by atoms with van der Waals surface area (Å²) in [5.74, 6) is -1.00. The van der Waals surface area contributed by atoms with Crippen molar-refractivity contribution in [2.75, 3.05) is 0 Å². The lowest BCUT2D eigenvalue weighted by molar-refractivity contribution is 0.0697. The Hall–Kier alpha value is -0.0600. The van der Waals surface area contributed by atoms with E-state index in [-0.39, 0.29) is 5.56 Å². The zero-order valence-electron chi connectivity index (χ0n) is 4.60. The highest BCUT2D eigenvalue weighted by molar-refractivity contribution is 9.10. The second-order valence-electron chi connectivity index (χ2n) is 1.54. The van der Waals surface area contributed by atoms with Gasteiger partial charge in [0.15, 0.2) is 0 Å². The third-order valence-corrected chi connectivity index (χ3v) is 3.06. The molecule has 0 atom stereocenters. The standard InChI is InChI=1S/C5H2BrClO2S/c6-2-1-10-4(7)3(2)5(8)9/h1H,(H,8,9). The molecule has 1 rings (SSSR count). The van der Waals surface area contributed by atoms with E-state index in [9.17, 15) is 4.79 Å². The van der Waals surface area contributed by atoms with Gasteiger partial charge in [-0.1, -0.05) is 11.6 Å². The number of thiophene rings is 1. The Labute approximate surface area is 74.6 Å². The van der Waals surface area contributed by atoms with E-state index in [0.717, 1.165) is 0 Å². The molecule has 0 saturated carbocycles. The molecule has 0 aliphatic carbocycles. The highest BCUT2D eigenvalue weighted by atomic mass is 79.9. The van der Waals surface area contributed by atoms with Crippen LogP contribution in [0, 0.1) is 0 Å². The molecule has 0 fully saturated rings. The highest BCUT2D eigenvalue weighted by Gasteiger charge is 2.14. The SMILES string of the molecule is O=C(O)c1c(Br)csc1Cl. The van der Waals surface area contributed by atoms with Gasteiger partial charge >= 0.3 is 5.97 Å². The summed E-state index contributed by atoms with van der Waals surface area (Å²) in [6.07, 6.45) is 0. The third-order valence-electron chi connectivity index (χ3n) is 0.915. The minimum Gasteiger partial charge on any atom is -0.478 e. The predicted octanol–water partition coefficient (Wildman–Crippen LogP) is 2.86. The van der Waals surface area contributed by atoms with Crippen LogP contribution < -0.4 is 0 Å². The molecule has 5 heteroatoms. The Morgan fingerprint density at radius 3 is 2.60 bits per heavy atom. The van der Waals surface area contributed by atoms with Crippen molar-refractivity contribution in [3.05, 3.63) is 19.8 Å². The summed E-state index contributed by atoms with van der Waals surface area (Å²) in [5, 5.41) is 10.2. The normalized spacial score (nSPS) is 9.80. The summed E-state index contributed by atoms with van der Waals surface area (Å²) in [5.41, 5.74) is 0.145. The van der Waals surface area contributed by atoms with Gasteiger partial charge in [0.25, 0.3) is 0 Å². The molecule has 0 amide bonds. The van der Waals surface area contributed by atoms with Crippen molar-refractivity contribution in [1.82, 2.24) is 0 Å². The lowest BCUT2D eigenvalue weighted by Crippen LogP contribution is -1.94. The van der Waals surface area contributed by atoms with Crippen molar-refractivity contribution in [2.45, 2.75) is 0 Å². The summed E-state index contributed by atoms with van der Waals surface area (Å²) in [7, 11) is 0. The van der Waals surface area contributed by atoms with Crippen LogP contribution in [0.2, 0.25) is 4.34 Å². The Morgan fingerprint density at radius 2 is 2.40 bits per heavy atom. The molecule has 0 aromatic carbocycles. The molecular formula is C5H2BrClO2S. The maximum Gasteiger partial charge on any atom is 0.339 e. The number of hydrogen-bond acceptors (Lipinski definition) is 2. The van der Waals surface area contributed by atoms with Crippen molar-refractivity contribution in [3.8, 4) is 0 Å². The van der Waals surface area contributed by atoms with Gasteiger partial charge in [0.2, 0.25) is 0 Å². The fourth-order valence-corrected chi connectivity index (χ4v) is 2.35. The average Bonchev–Trinajstić information content (AvgIpc) is 2.11. The largest absolute Gasteiger partial charge is 0.478 e. The molecule has 0 saturated heterocycles. The highest BCUT2D eigenvalue weighted by Crippen LogP contribution is 2.31. The second kappa shape index (κ2) is 2.90. The molecule has 0 spiro atoms. The van der Waals surface area contributed by atoms with Gasteiger partial charge in [-0.05, 0) is 15.9 Å². The molecule has 0 aliphatic heterocycles. The van der Waals surface area contributed by atoms with Crippen LogP contribution in [0.4, 0.5) is 0 Å². The Morgan fingerprint density at radius 1 is 1.80 bits per heavy atom. The van der Waals surface area contributed by atoms with Crippen LogP contribution in [0.1, 0.15) is 10.4 Å². The van der Waals surface area contributed by atoms with Gasteiger partial charge in [-0.15, -0.1) is 11.3 Å². The molecule has 1 aromatic heterocycles. The van der Waals surface area contributed by atoms with E-state index >= 15 is 0 Å². The second-order valence-corrected chi connectivity index (χ2v) is 3.87. The number of hydrogen-bond donors (Lipinski definition) is 1. The van der Waals surface area contributed by atoms with Crippen molar-refractivity contribution >= 4 is 44.8 Å². The molecule has 1 aromatic rings. The Kier molecular flexibility index (Phi) is 2.33. The third kappa shape index (κ3) is 1.33. The molecule has 10 heavy (non-hydrogen) atoms. The first-order chi connectivity index (χ1) is 4.63. The van der Waals surface area contributed by atoms with Crippen LogP contribution in [-0.4, -0.2) is 11.1 Å². The van der Waals surface area contributed by atoms with E-state index in [2.05, 4.69) is 15.9 Å². The minimum absolute atomic E-state index is 0.145. The number of halogens is 2. The van der Waals surface area contributed by atoms with Gasteiger partial charge in [0, 0.05) is 9.85 Å². The number of rotatable bonds is 1. The van der Waals surface area contributed by atoms with E-state index in [1.807, 2.05) is 0 Å². The number of carboxylic acids is 1.